The van der Waals surface area contributed by atoms with Crippen molar-refractivity contribution in [3.05, 3.63) is 36.7 Å². The molecule has 2 nitrogen and oxygen atoms in total. The van der Waals surface area contributed by atoms with Crippen molar-refractivity contribution in [2.45, 2.75) is 0 Å². The number of hydrogen-bond acceptors (Lipinski definition) is 1. The fourth-order valence-corrected chi connectivity index (χ4v) is 1.32. The van der Waals surface area contributed by atoms with E-state index in [4.69, 9.17) is 0 Å². The molecule has 0 fully saturated rings. The van der Waals surface area contributed by atoms with Gasteiger partial charge in [0.05, 0.1) is 0 Å². The molecule has 2 aromatic rings. The van der Waals surface area contributed by atoms with Gasteiger partial charge in [0.2, 0.25) is 0 Å². The minimum atomic E-state index is -0.526. The summed E-state index contributed by atoms with van der Waals surface area (Å²) < 4.78 is 12.3. The fraction of sp³-hybridized carbons (Fsp3) is 0.100. The summed E-state index contributed by atoms with van der Waals surface area (Å²) in [6, 6.07) is 3.72. The number of alkyl halides is 1. The van der Waals surface area contributed by atoms with E-state index < -0.39 is 6.67 Å². The van der Waals surface area contributed by atoms with Gasteiger partial charge in [-0.15, -0.1) is 0 Å². The molecule has 0 atom stereocenters. The third-order valence-corrected chi connectivity index (χ3v) is 1.99. The van der Waals surface area contributed by atoms with Crippen LogP contribution >= 0.6 is 0 Å². The van der Waals surface area contributed by atoms with Gasteiger partial charge in [0.15, 0.2) is 0 Å². The van der Waals surface area contributed by atoms with Crippen molar-refractivity contribution in [1.82, 2.24) is 9.97 Å². The van der Waals surface area contributed by atoms with Crippen LogP contribution in [0.1, 0.15) is 5.56 Å². The molecular weight excluding hydrogens is 167 g/mol. The summed E-state index contributed by atoms with van der Waals surface area (Å²) in [5.41, 5.74) is 2.07. The quantitative estimate of drug-likeness (QED) is 0.748. The fourth-order valence-electron chi connectivity index (χ4n) is 1.32. The van der Waals surface area contributed by atoms with Gasteiger partial charge in [-0.3, -0.25) is 0 Å². The largest absolute Gasteiger partial charge is 0.346 e. The first kappa shape index (κ1) is 7.98. The number of aromatic amines is 1. The monoisotopic (exact) mass is 176 g/mol. The molecule has 0 saturated heterocycles. The summed E-state index contributed by atoms with van der Waals surface area (Å²) in [4.78, 5) is 7.06. The Morgan fingerprint density at radius 3 is 3.23 bits per heavy atom. The van der Waals surface area contributed by atoms with Crippen LogP contribution in [0, 0.1) is 0 Å². The Bertz CT molecular complexity index is 445. The van der Waals surface area contributed by atoms with Gasteiger partial charge < -0.3 is 4.98 Å². The Labute approximate surface area is 75.1 Å². The highest BCUT2D eigenvalue weighted by Gasteiger charge is 2.05. The van der Waals surface area contributed by atoms with Crippen molar-refractivity contribution in [2.75, 3.05) is 6.67 Å². The van der Waals surface area contributed by atoms with Crippen LogP contribution < -0.4 is 0 Å². The number of allylic oxidation sites excluding steroid dienone is 1. The van der Waals surface area contributed by atoms with Gasteiger partial charge in [-0.25, -0.2) is 9.37 Å². The van der Waals surface area contributed by atoms with Crippen LogP contribution in [0.4, 0.5) is 4.39 Å². The van der Waals surface area contributed by atoms with Crippen LogP contribution in [-0.2, 0) is 0 Å². The molecule has 0 radical (unpaired) electrons. The van der Waals surface area contributed by atoms with Gasteiger partial charge in [-0.2, -0.15) is 0 Å². The lowest BCUT2D eigenvalue weighted by Crippen LogP contribution is -1.81. The van der Waals surface area contributed by atoms with E-state index in [2.05, 4.69) is 16.5 Å². The second-order valence-electron chi connectivity index (χ2n) is 2.84. The minimum absolute atomic E-state index is 0.485. The first-order valence-electron chi connectivity index (χ1n) is 3.99. The lowest BCUT2D eigenvalue weighted by molar-refractivity contribution is 0.572. The zero-order valence-corrected chi connectivity index (χ0v) is 7.05. The summed E-state index contributed by atoms with van der Waals surface area (Å²) >= 11 is 0. The molecule has 13 heavy (non-hydrogen) atoms. The number of H-pyrrole nitrogens is 1. The molecule has 0 aliphatic rings. The van der Waals surface area contributed by atoms with E-state index in [1.54, 1.807) is 12.4 Å². The average Bonchev–Trinajstić information content (AvgIpc) is 2.60. The van der Waals surface area contributed by atoms with Gasteiger partial charge in [0.1, 0.15) is 12.3 Å². The van der Waals surface area contributed by atoms with E-state index in [0.717, 1.165) is 16.6 Å². The predicted octanol–water partition coefficient (Wildman–Crippen LogP) is 2.55. The van der Waals surface area contributed by atoms with Crippen LogP contribution in [0.5, 0.6) is 0 Å². The molecule has 2 heterocycles. The van der Waals surface area contributed by atoms with Crippen LogP contribution in [0.3, 0.4) is 0 Å². The van der Waals surface area contributed by atoms with E-state index in [1.807, 2.05) is 12.1 Å². The van der Waals surface area contributed by atoms with E-state index in [0.29, 0.717) is 5.57 Å². The van der Waals surface area contributed by atoms with Gasteiger partial charge >= 0.3 is 0 Å². The van der Waals surface area contributed by atoms with Crippen molar-refractivity contribution in [2.24, 2.45) is 0 Å². The Balaban J connectivity index is 2.64. The van der Waals surface area contributed by atoms with Crippen LogP contribution in [0.2, 0.25) is 0 Å². The van der Waals surface area contributed by atoms with E-state index >= 15 is 0 Å². The molecule has 0 saturated carbocycles. The summed E-state index contributed by atoms with van der Waals surface area (Å²) in [6.45, 7) is 3.12. The molecule has 0 bridgehead atoms. The van der Waals surface area contributed by atoms with Crippen molar-refractivity contribution in [3.8, 4) is 0 Å². The molecule has 0 unspecified atom stereocenters. The van der Waals surface area contributed by atoms with Crippen molar-refractivity contribution in [3.63, 3.8) is 0 Å². The standard InChI is InChI=1S/C10H9FN2/c1-7(5-11)9-6-13-10-8(9)3-2-4-12-10/h2-4,6H,1,5H2,(H,12,13). The third kappa shape index (κ3) is 1.22. The smallest absolute Gasteiger partial charge is 0.137 e. The maximum atomic E-state index is 12.3. The van der Waals surface area contributed by atoms with Crippen LogP contribution in [-0.4, -0.2) is 16.6 Å². The van der Waals surface area contributed by atoms with Gasteiger partial charge in [-0.1, -0.05) is 6.58 Å². The number of rotatable bonds is 2. The molecule has 0 aliphatic heterocycles. The lowest BCUT2D eigenvalue weighted by Gasteiger charge is -1.96. The second kappa shape index (κ2) is 3.01. The van der Waals surface area contributed by atoms with Gasteiger partial charge in [-0.05, 0) is 17.7 Å². The van der Waals surface area contributed by atoms with Gasteiger partial charge in [0.25, 0.3) is 0 Å². The first-order valence-corrected chi connectivity index (χ1v) is 3.99. The Morgan fingerprint density at radius 1 is 1.62 bits per heavy atom. The maximum Gasteiger partial charge on any atom is 0.137 e. The number of halogens is 1. The van der Waals surface area contributed by atoms with E-state index in [-0.39, 0.29) is 0 Å². The SMILES string of the molecule is C=C(CF)c1c[nH]c2ncccc12. The maximum absolute atomic E-state index is 12.3. The summed E-state index contributed by atoms with van der Waals surface area (Å²) in [7, 11) is 0. The Hall–Kier alpha value is -1.64. The van der Waals surface area contributed by atoms with Gasteiger partial charge in [0, 0.05) is 23.3 Å². The predicted molar refractivity (Wildman–Crippen MR) is 51.1 cm³/mol. The topological polar surface area (TPSA) is 28.7 Å². The number of nitrogens with one attached hydrogen (secondary N) is 1. The molecule has 2 rings (SSSR count). The molecule has 0 spiro atoms. The van der Waals surface area contributed by atoms with E-state index in [1.165, 1.54) is 0 Å². The third-order valence-electron chi connectivity index (χ3n) is 1.99. The second-order valence-corrected chi connectivity index (χ2v) is 2.84. The highest BCUT2D eigenvalue weighted by atomic mass is 19.1. The molecule has 2 aromatic heterocycles. The van der Waals surface area contributed by atoms with E-state index in [9.17, 15) is 4.39 Å². The summed E-state index contributed by atoms with van der Waals surface area (Å²) in [5, 5.41) is 0.921. The van der Waals surface area contributed by atoms with Crippen molar-refractivity contribution < 1.29 is 4.39 Å². The Kier molecular flexibility index (Phi) is 1.85. The van der Waals surface area contributed by atoms with Crippen molar-refractivity contribution >= 4 is 16.6 Å². The molecule has 3 heteroatoms. The number of nitrogens with zero attached hydrogens (tertiary/aromatic N) is 1. The molecule has 0 amide bonds. The van der Waals surface area contributed by atoms with Crippen molar-refractivity contribution in [1.29, 1.82) is 0 Å². The van der Waals surface area contributed by atoms with Crippen LogP contribution in [0.25, 0.3) is 16.6 Å². The minimum Gasteiger partial charge on any atom is -0.346 e. The summed E-state index contributed by atoms with van der Waals surface area (Å²) in [6.07, 6.45) is 3.43. The number of pyridine rings is 1. The zero-order valence-electron chi connectivity index (χ0n) is 7.05. The summed E-state index contributed by atoms with van der Waals surface area (Å²) in [5.74, 6) is 0. The zero-order chi connectivity index (χ0) is 9.26. The number of fused-ring (bicyclic) bond motifs is 1. The molecule has 1 N–H and O–H groups in total. The molecule has 66 valence electrons. The number of hydrogen-bond donors (Lipinski definition) is 1. The molecule has 0 aromatic carbocycles. The molecular formula is C10H9FN2. The number of aromatic nitrogens is 2. The normalized spacial score (nSPS) is 10.5. The Morgan fingerprint density at radius 2 is 2.46 bits per heavy atom. The first-order chi connectivity index (χ1) is 6.33. The van der Waals surface area contributed by atoms with Crippen LogP contribution in [0.15, 0.2) is 31.1 Å². The lowest BCUT2D eigenvalue weighted by atomic mass is 10.1. The highest BCUT2D eigenvalue weighted by Crippen LogP contribution is 2.22. The highest BCUT2D eigenvalue weighted by molar-refractivity contribution is 5.90. The molecule has 0 aliphatic carbocycles. The average molecular weight is 176 g/mol.